The monoisotopic (exact) mass is 453 g/mol. The van der Waals surface area contributed by atoms with Gasteiger partial charge in [0.25, 0.3) is 0 Å². The van der Waals surface area contributed by atoms with Crippen LogP contribution in [0.4, 0.5) is 8.78 Å². The van der Waals surface area contributed by atoms with Gasteiger partial charge < -0.3 is 15.7 Å². The average molecular weight is 453 g/mol. The van der Waals surface area contributed by atoms with Crippen LogP contribution >= 0.6 is 24.0 Å². The van der Waals surface area contributed by atoms with Gasteiger partial charge in [-0.2, -0.15) is 0 Å². The highest BCUT2D eigenvalue weighted by Crippen LogP contribution is 2.18. The number of guanidine groups is 1. The minimum atomic E-state index is -0.528. The Morgan fingerprint density at radius 1 is 1.21 bits per heavy atom. The van der Waals surface area contributed by atoms with Crippen molar-refractivity contribution >= 4 is 29.9 Å². The molecule has 0 radical (unpaired) electrons. The fraction of sp³-hybridized carbons (Fsp3) is 0.588. The molecule has 0 heterocycles. The highest BCUT2D eigenvalue weighted by atomic mass is 127. The number of aliphatic hydroxyl groups is 1. The van der Waals surface area contributed by atoms with Gasteiger partial charge >= 0.3 is 0 Å². The van der Waals surface area contributed by atoms with Crippen molar-refractivity contribution < 1.29 is 13.9 Å². The third-order valence-corrected chi connectivity index (χ3v) is 4.08. The van der Waals surface area contributed by atoms with E-state index in [1.165, 1.54) is 18.2 Å². The summed E-state index contributed by atoms with van der Waals surface area (Å²) in [6, 6.07) is 4.17. The minimum Gasteiger partial charge on any atom is -0.393 e. The van der Waals surface area contributed by atoms with Crippen LogP contribution in [0.25, 0.3) is 0 Å². The summed E-state index contributed by atoms with van der Waals surface area (Å²) in [7, 11) is 0. The third kappa shape index (κ3) is 6.51. The van der Waals surface area contributed by atoms with Gasteiger partial charge in [0, 0.05) is 24.7 Å². The zero-order valence-corrected chi connectivity index (χ0v) is 16.2. The molecule has 1 aliphatic rings. The van der Waals surface area contributed by atoms with Crippen LogP contribution in [-0.2, 0) is 6.42 Å². The topological polar surface area (TPSA) is 56.7 Å². The van der Waals surface area contributed by atoms with Crippen molar-refractivity contribution in [2.75, 3.05) is 13.1 Å². The van der Waals surface area contributed by atoms with Crippen molar-refractivity contribution in [2.45, 2.75) is 51.2 Å². The molecule has 1 aromatic rings. The molecule has 0 unspecified atom stereocenters. The lowest BCUT2D eigenvalue weighted by molar-refractivity contribution is 0.120. The Labute approximate surface area is 159 Å². The van der Waals surface area contributed by atoms with E-state index in [4.69, 9.17) is 0 Å². The normalized spacial score (nSPS) is 21.1. The lowest BCUT2D eigenvalue weighted by Gasteiger charge is -2.27. The lowest BCUT2D eigenvalue weighted by Crippen LogP contribution is -2.45. The Balaban J connectivity index is 0.00000288. The summed E-state index contributed by atoms with van der Waals surface area (Å²) in [5.41, 5.74) is 0.0767. The number of halogens is 3. The SMILES string of the molecule is CCNC(=NCCc1c(F)cccc1F)NC1CCC(O)CC1.I. The Bertz CT molecular complexity index is 514. The summed E-state index contributed by atoms with van der Waals surface area (Å²) in [5, 5.41) is 16.0. The van der Waals surface area contributed by atoms with E-state index < -0.39 is 11.6 Å². The second-order valence-corrected chi connectivity index (χ2v) is 5.86. The third-order valence-electron chi connectivity index (χ3n) is 4.08. The van der Waals surface area contributed by atoms with E-state index in [1.807, 2.05) is 6.92 Å². The first-order chi connectivity index (χ1) is 11.1. The van der Waals surface area contributed by atoms with Gasteiger partial charge in [0.2, 0.25) is 0 Å². The van der Waals surface area contributed by atoms with Gasteiger partial charge in [0.05, 0.1) is 6.10 Å². The molecule has 0 spiro atoms. The predicted octanol–water partition coefficient (Wildman–Crippen LogP) is 2.98. The first kappa shape index (κ1) is 21.1. The summed E-state index contributed by atoms with van der Waals surface area (Å²) in [6.07, 6.45) is 3.39. The van der Waals surface area contributed by atoms with Crippen LogP contribution in [0.3, 0.4) is 0 Å². The van der Waals surface area contributed by atoms with Gasteiger partial charge in [-0.3, -0.25) is 4.99 Å². The van der Waals surface area contributed by atoms with Crippen molar-refractivity contribution in [3.05, 3.63) is 35.4 Å². The van der Waals surface area contributed by atoms with Crippen molar-refractivity contribution in [2.24, 2.45) is 4.99 Å². The van der Waals surface area contributed by atoms with E-state index in [-0.39, 0.29) is 48.1 Å². The molecule has 1 aliphatic carbocycles. The van der Waals surface area contributed by atoms with Crippen LogP contribution in [0, 0.1) is 11.6 Å². The fourth-order valence-corrected chi connectivity index (χ4v) is 2.78. The Morgan fingerprint density at radius 3 is 2.42 bits per heavy atom. The van der Waals surface area contributed by atoms with E-state index in [9.17, 15) is 13.9 Å². The summed E-state index contributed by atoms with van der Waals surface area (Å²) >= 11 is 0. The van der Waals surface area contributed by atoms with Crippen molar-refractivity contribution in [1.29, 1.82) is 0 Å². The Morgan fingerprint density at radius 2 is 1.83 bits per heavy atom. The van der Waals surface area contributed by atoms with Crippen LogP contribution in [0.5, 0.6) is 0 Å². The maximum absolute atomic E-state index is 13.6. The van der Waals surface area contributed by atoms with Crippen LogP contribution in [-0.4, -0.2) is 36.3 Å². The van der Waals surface area contributed by atoms with Gasteiger partial charge in [-0.05, 0) is 51.2 Å². The zero-order valence-electron chi connectivity index (χ0n) is 13.9. The van der Waals surface area contributed by atoms with Gasteiger partial charge in [0.15, 0.2) is 5.96 Å². The van der Waals surface area contributed by atoms with Gasteiger partial charge in [-0.25, -0.2) is 8.78 Å². The molecule has 0 aromatic heterocycles. The second kappa shape index (κ2) is 10.8. The number of nitrogens with zero attached hydrogens (tertiary/aromatic N) is 1. The molecular weight excluding hydrogens is 427 g/mol. The molecular formula is C17H26F2IN3O. The molecule has 4 nitrogen and oxygen atoms in total. The molecule has 3 N–H and O–H groups in total. The predicted molar refractivity (Wildman–Crippen MR) is 103 cm³/mol. The molecule has 136 valence electrons. The molecule has 0 amide bonds. The number of hydrogen-bond acceptors (Lipinski definition) is 2. The summed E-state index contributed by atoms with van der Waals surface area (Å²) < 4.78 is 27.2. The molecule has 0 saturated heterocycles. The summed E-state index contributed by atoms with van der Waals surface area (Å²) in [5.74, 6) is -0.399. The quantitative estimate of drug-likeness (QED) is 0.365. The molecule has 0 aliphatic heterocycles. The molecule has 1 saturated carbocycles. The van der Waals surface area contributed by atoms with E-state index in [0.29, 0.717) is 12.5 Å². The van der Waals surface area contributed by atoms with Gasteiger partial charge in [0.1, 0.15) is 11.6 Å². The standard InChI is InChI=1S/C17H25F2N3O.HI/c1-2-20-17(22-12-6-8-13(23)9-7-12)21-11-10-14-15(18)4-3-5-16(14)19;/h3-5,12-13,23H,2,6-11H2,1H3,(H2,20,21,22);1H. The fourth-order valence-electron chi connectivity index (χ4n) is 2.78. The average Bonchev–Trinajstić information content (AvgIpc) is 2.52. The van der Waals surface area contributed by atoms with Crippen LogP contribution in [0.1, 0.15) is 38.2 Å². The van der Waals surface area contributed by atoms with Gasteiger partial charge in [-0.1, -0.05) is 6.07 Å². The molecule has 0 bridgehead atoms. The van der Waals surface area contributed by atoms with E-state index >= 15 is 0 Å². The highest BCUT2D eigenvalue weighted by molar-refractivity contribution is 14.0. The van der Waals surface area contributed by atoms with Crippen LogP contribution in [0.2, 0.25) is 0 Å². The van der Waals surface area contributed by atoms with E-state index in [2.05, 4.69) is 15.6 Å². The first-order valence-corrected chi connectivity index (χ1v) is 8.26. The maximum Gasteiger partial charge on any atom is 0.191 e. The van der Waals surface area contributed by atoms with Crippen molar-refractivity contribution in [3.63, 3.8) is 0 Å². The molecule has 1 fully saturated rings. The minimum absolute atomic E-state index is 0. The lowest BCUT2D eigenvalue weighted by atomic mass is 9.93. The first-order valence-electron chi connectivity index (χ1n) is 8.26. The van der Waals surface area contributed by atoms with E-state index in [0.717, 1.165) is 32.2 Å². The molecule has 1 aromatic carbocycles. The largest absolute Gasteiger partial charge is 0.393 e. The maximum atomic E-state index is 13.6. The Kier molecular flexibility index (Phi) is 9.50. The number of aliphatic imine (C=N–C) groups is 1. The highest BCUT2D eigenvalue weighted by Gasteiger charge is 2.20. The second-order valence-electron chi connectivity index (χ2n) is 5.86. The number of hydrogen-bond donors (Lipinski definition) is 3. The van der Waals surface area contributed by atoms with Gasteiger partial charge in [-0.15, -0.1) is 24.0 Å². The molecule has 7 heteroatoms. The molecule has 24 heavy (non-hydrogen) atoms. The van der Waals surface area contributed by atoms with E-state index in [1.54, 1.807) is 0 Å². The molecule has 2 rings (SSSR count). The zero-order chi connectivity index (χ0) is 16.7. The number of rotatable bonds is 5. The number of benzene rings is 1. The Hall–Kier alpha value is -0.960. The van der Waals surface area contributed by atoms with Crippen molar-refractivity contribution in [1.82, 2.24) is 10.6 Å². The summed E-state index contributed by atoms with van der Waals surface area (Å²) in [4.78, 5) is 4.40. The molecule has 0 atom stereocenters. The van der Waals surface area contributed by atoms with Crippen LogP contribution in [0.15, 0.2) is 23.2 Å². The van der Waals surface area contributed by atoms with Crippen LogP contribution < -0.4 is 10.6 Å². The number of nitrogens with one attached hydrogen (secondary N) is 2. The number of aliphatic hydroxyl groups excluding tert-OH is 1. The summed E-state index contributed by atoms with van der Waals surface area (Å²) in [6.45, 7) is 3.00. The van der Waals surface area contributed by atoms with Crippen molar-refractivity contribution in [3.8, 4) is 0 Å². The smallest absolute Gasteiger partial charge is 0.191 e.